The molecule has 1 aromatic heterocycles. The fourth-order valence-corrected chi connectivity index (χ4v) is 1.77. The second-order valence-corrected chi connectivity index (χ2v) is 3.88. The molecule has 0 bridgehead atoms. The molecule has 3 nitrogen and oxygen atoms in total. The van der Waals surface area contributed by atoms with Gasteiger partial charge in [0.05, 0.1) is 0 Å². The van der Waals surface area contributed by atoms with Crippen LogP contribution in [0.3, 0.4) is 0 Å². The maximum absolute atomic E-state index is 5.52. The number of anilines is 1. The Labute approximate surface area is 76.6 Å². The second kappa shape index (κ2) is 3.41. The molecule has 0 radical (unpaired) electrons. The van der Waals surface area contributed by atoms with E-state index in [1.807, 2.05) is 26.2 Å². The van der Waals surface area contributed by atoms with Crippen LogP contribution in [0.25, 0.3) is 0 Å². The van der Waals surface area contributed by atoms with Crippen LogP contribution in [0, 0.1) is 0 Å². The molecule has 12 heavy (non-hydrogen) atoms. The zero-order chi connectivity index (χ0) is 9.19. The molecule has 4 heteroatoms. The minimum absolute atomic E-state index is 0.308. The molecule has 1 rings (SSSR count). The fraction of sp³-hybridized carbons (Fsp3) is 0.625. The van der Waals surface area contributed by atoms with Gasteiger partial charge in [-0.15, -0.1) is 11.3 Å². The summed E-state index contributed by atoms with van der Waals surface area (Å²) in [6.45, 7) is 6.65. The van der Waals surface area contributed by atoms with Gasteiger partial charge in [0.2, 0.25) is 0 Å². The Kier molecular flexibility index (Phi) is 2.69. The van der Waals surface area contributed by atoms with E-state index in [0.717, 1.165) is 5.01 Å². The molecule has 1 aromatic rings. The molecule has 1 heterocycles. The lowest BCUT2D eigenvalue weighted by atomic mass is 10.1. The number of hydrogen-bond donors (Lipinski definition) is 1. The summed E-state index contributed by atoms with van der Waals surface area (Å²) in [5.41, 5.74) is 5.21. The maximum Gasteiger partial charge on any atom is 0.134 e. The standard InChI is InChI=1S/C8H14N2OS/c1-4-11-8(2,3)7-10-6(9)5-12-7/h5H,4,9H2,1-3H3. The zero-order valence-electron chi connectivity index (χ0n) is 7.63. The average molecular weight is 186 g/mol. The van der Waals surface area contributed by atoms with Crippen molar-refractivity contribution in [1.29, 1.82) is 0 Å². The third kappa shape index (κ3) is 1.95. The number of ether oxygens (including phenoxy) is 1. The van der Waals surface area contributed by atoms with Gasteiger partial charge in [0, 0.05) is 12.0 Å². The van der Waals surface area contributed by atoms with Gasteiger partial charge in [-0.3, -0.25) is 0 Å². The van der Waals surface area contributed by atoms with Crippen molar-refractivity contribution < 1.29 is 4.74 Å². The van der Waals surface area contributed by atoms with Gasteiger partial charge in [-0.1, -0.05) is 0 Å². The van der Waals surface area contributed by atoms with Crippen molar-refractivity contribution >= 4 is 17.2 Å². The molecular formula is C8H14N2OS. The van der Waals surface area contributed by atoms with E-state index in [4.69, 9.17) is 10.5 Å². The highest BCUT2D eigenvalue weighted by atomic mass is 32.1. The van der Waals surface area contributed by atoms with E-state index in [1.165, 1.54) is 11.3 Å². The van der Waals surface area contributed by atoms with Gasteiger partial charge in [-0.05, 0) is 20.8 Å². The summed E-state index contributed by atoms with van der Waals surface area (Å²) in [6, 6.07) is 0. The van der Waals surface area contributed by atoms with E-state index in [9.17, 15) is 0 Å². The fourth-order valence-electron chi connectivity index (χ4n) is 0.985. The average Bonchev–Trinajstić information content (AvgIpc) is 2.36. The minimum atomic E-state index is -0.308. The lowest BCUT2D eigenvalue weighted by molar-refractivity contribution is -0.0140. The van der Waals surface area contributed by atoms with Crippen LogP contribution in [0.5, 0.6) is 0 Å². The van der Waals surface area contributed by atoms with Crippen LogP contribution in [-0.2, 0) is 10.3 Å². The Morgan fingerprint density at radius 3 is 2.75 bits per heavy atom. The minimum Gasteiger partial charge on any atom is -0.383 e. The Hall–Kier alpha value is -0.610. The first-order valence-electron chi connectivity index (χ1n) is 3.91. The van der Waals surface area contributed by atoms with Crippen molar-refractivity contribution in [2.24, 2.45) is 0 Å². The quantitative estimate of drug-likeness (QED) is 0.785. The molecule has 0 aromatic carbocycles. The van der Waals surface area contributed by atoms with E-state index in [0.29, 0.717) is 12.4 Å². The van der Waals surface area contributed by atoms with Gasteiger partial charge in [0.1, 0.15) is 16.4 Å². The van der Waals surface area contributed by atoms with Crippen molar-refractivity contribution in [2.75, 3.05) is 12.3 Å². The largest absolute Gasteiger partial charge is 0.383 e. The Balaban J connectivity index is 2.81. The number of aromatic nitrogens is 1. The molecule has 0 atom stereocenters. The van der Waals surface area contributed by atoms with E-state index in [1.54, 1.807) is 0 Å². The zero-order valence-corrected chi connectivity index (χ0v) is 8.44. The molecule has 68 valence electrons. The van der Waals surface area contributed by atoms with Gasteiger partial charge in [0.25, 0.3) is 0 Å². The number of nitrogens with zero attached hydrogens (tertiary/aromatic N) is 1. The highest BCUT2D eigenvalue weighted by molar-refractivity contribution is 7.10. The van der Waals surface area contributed by atoms with Crippen LogP contribution in [0.15, 0.2) is 5.38 Å². The molecule has 0 aliphatic heterocycles. The summed E-state index contributed by atoms with van der Waals surface area (Å²) in [6.07, 6.45) is 0. The van der Waals surface area contributed by atoms with Crippen molar-refractivity contribution in [3.05, 3.63) is 10.4 Å². The highest BCUT2D eigenvalue weighted by Gasteiger charge is 2.23. The van der Waals surface area contributed by atoms with E-state index < -0.39 is 0 Å². The summed E-state index contributed by atoms with van der Waals surface area (Å²) in [4.78, 5) is 4.17. The van der Waals surface area contributed by atoms with Crippen molar-refractivity contribution in [2.45, 2.75) is 26.4 Å². The molecule has 0 saturated carbocycles. The van der Waals surface area contributed by atoms with Gasteiger partial charge in [-0.2, -0.15) is 0 Å². The number of nitrogens with two attached hydrogens (primary N) is 1. The SMILES string of the molecule is CCOC(C)(C)c1nc(N)cs1. The maximum atomic E-state index is 5.52. The first-order chi connectivity index (χ1) is 5.56. The number of nitrogen functional groups attached to an aromatic ring is 1. The Morgan fingerprint density at radius 2 is 2.33 bits per heavy atom. The third-order valence-electron chi connectivity index (χ3n) is 1.54. The van der Waals surface area contributed by atoms with E-state index in [2.05, 4.69) is 4.98 Å². The van der Waals surface area contributed by atoms with Crippen LogP contribution >= 0.6 is 11.3 Å². The molecule has 0 spiro atoms. The lowest BCUT2D eigenvalue weighted by Gasteiger charge is -2.21. The molecule has 0 unspecified atom stereocenters. The van der Waals surface area contributed by atoms with Gasteiger partial charge >= 0.3 is 0 Å². The first-order valence-corrected chi connectivity index (χ1v) is 4.79. The predicted molar refractivity (Wildman–Crippen MR) is 51.2 cm³/mol. The number of hydrogen-bond acceptors (Lipinski definition) is 4. The summed E-state index contributed by atoms with van der Waals surface area (Å²) in [5.74, 6) is 0.572. The van der Waals surface area contributed by atoms with Crippen LogP contribution in [0.2, 0.25) is 0 Å². The molecule has 2 N–H and O–H groups in total. The van der Waals surface area contributed by atoms with Crippen molar-refractivity contribution in [3.63, 3.8) is 0 Å². The lowest BCUT2D eigenvalue weighted by Crippen LogP contribution is -2.21. The summed E-state index contributed by atoms with van der Waals surface area (Å²) < 4.78 is 5.52. The highest BCUT2D eigenvalue weighted by Crippen LogP contribution is 2.28. The first kappa shape index (κ1) is 9.48. The summed E-state index contributed by atoms with van der Waals surface area (Å²) in [7, 11) is 0. The van der Waals surface area contributed by atoms with Crippen LogP contribution in [0.4, 0.5) is 5.82 Å². The second-order valence-electron chi connectivity index (χ2n) is 3.02. The molecule has 0 saturated heterocycles. The molecule has 0 aliphatic rings. The van der Waals surface area contributed by atoms with Crippen LogP contribution < -0.4 is 5.73 Å². The monoisotopic (exact) mass is 186 g/mol. The third-order valence-corrected chi connectivity index (χ3v) is 2.71. The smallest absolute Gasteiger partial charge is 0.134 e. The van der Waals surface area contributed by atoms with E-state index >= 15 is 0 Å². The topological polar surface area (TPSA) is 48.1 Å². The number of rotatable bonds is 3. The Bertz CT molecular complexity index is 257. The van der Waals surface area contributed by atoms with E-state index in [-0.39, 0.29) is 5.60 Å². The van der Waals surface area contributed by atoms with Crippen LogP contribution in [-0.4, -0.2) is 11.6 Å². The molecular weight excluding hydrogens is 172 g/mol. The molecule has 0 amide bonds. The van der Waals surface area contributed by atoms with Gasteiger partial charge in [-0.25, -0.2) is 4.98 Å². The van der Waals surface area contributed by atoms with Gasteiger partial charge < -0.3 is 10.5 Å². The summed E-state index contributed by atoms with van der Waals surface area (Å²) >= 11 is 1.54. The van der Waals surface area contributed by atoms with Crippen molar-refractivity contribution in [3.8, 4) is 0 Å². The summed E-state index contributed by atoms with van der Waals surface area (Å²) in [5, 5.41) is 2.76. The Morgan fingerprint density at radius 1 is 1.67 bits per heavy atom. The molecule has 0 aliphatic carbocycles. The van der Waals surface area contributed by atoms with Crippen molar-refractivity contribution in [1.82, 2.24) is 4.98 Å². The molecule has 0 fully saturated rings. The predicted octanol–water partition coefficient (Wildman–Crippen LogP) is 2.00. The van der Waals surface area contributed by atoms with Gasteiger partial charge in [0.15, 0.2) is 0 Å². The normalized spacial score (nSPS) is 11.9. The number of thiazole rings is 1. The van der Waals surface area contributed by atoms with Crippen LogP contribution in [0.1, 0.15) is 25.8 Å².